The molecule has 2 aromatic rings. The largest absolute Gasteiger partial charge is 0.397 e. The highest BCUT2D eigenvalue weighted by atomic mass is 15.2. The van der Waals surface area contributed by atoms with Gasteiger partial charge in [-0.05, 0) is 31.9 Å². The Hall–Kier alpha value is -1.77. The normalized spacial score (nSPS) is 20.5. The number of nitrogen functional groups attached to an aromatic ring is 1. The molecule has 3 rings (SSSR count). The highest BCUT2D eigenvalue weighted by molar-refractivity contribution is 5.98. The van der Waals surface area contributed by atoms with Gasteiger partial charge in [0.1, 0.15) is 0 Å². The third kappa shape index (κ3) is 2.25. The van der Waals surface area contributed by atoms with Crippen LogP contribution in [0, 0.1) is 0 Å². The average Bonchev–Trinajstić information content (AvgIpc) is 2.65. The minimum Gasteiger partial charge on any atom is -0.397 e. The molecule has 0 radical (unpaired) electrons. The van der Waals surface area contributed by atoms with E-state index in [0.29, 0.717) is 6.04 Å². The maximum absolute atomic E-state index is 6.39. The molecule has 0 bridgehead atoms. The Morgan fingerprint density at radius 2 is 2.11 bits per heavy atom. The zero-order valence-corrected chi connectivity index (χ0v) is 11.5. The molecule has 1 aliphatic rings. The Kier molecular flexibility index (Phi) is 3.28. The molecule has 19 heavy (non-hydrogen) atoms. The number of nitrogens with zero attached hydrogens (tertiary/aromatic N) is 2. The molecule has 1 atom stereocenters. The van der Waals surface area contributed by atoms with Gasteiger partial charge >= 0.3 is 0 Å². The summed E-state index contributed by atoms with van der Waals surface area (Å²) in [5.74, 6) is 0. The summed E-state index contributed by atoms with van der Waals surface area (Å²) >= 11 is 0. The van der Waals surface area contributed by atoms with Gasteiger partial charge in [0.2, 0.25) is 0 Å². The first-order chi connectivity index (χ1) is 9.27. The second-order valence-electron chi connectivity index (χ2n) is 5.49. The van der Waals surface area contributed by atoms with E-state index >= 15 is 0 Å². The van der Waals surface area contributed by atoms with Crippen LogP contribution < -0.4 is 10.6 Å². The molecule has 0 spiro atoms. The van der Waals surface area contributed by atoms with Crippen molar-refractivity contribution in [1.29, 1.82) is 0 Å². The summed E-state index contributed by atoms with van der Waals surface area (Å²) in [5, 5.41) is 2.23. The van der Waals surface area contributed by atoms with Gasteiger partial charge in [0.05, 0.1) is 11.4 Å². The fourth-order valence-corrected chi connectivity index (χ4v) is 3.06. The fraction of sp³-hybridized carbons (Fsp3) is 0.438. The first-order valence-electron chi connectivity index (χ1n) is 7.16. The zero-order valence-electron chi connectivity index (χ0n) is 11.5. The lowest BCUT2D eigenvalue weighted by atomic mass is 10.1. The maximum Gasteiger partial charge on any atom is 0.0632 e. The summed E-state index contributed by atoms with van der Waals surface area (Å²) in [5.41, 5.74) is 8.48. The molecule has 1 aromatic heterocycles. The molecule has 2 N–H and O–H groups in total. The zero-order chi connectivity index (χ0) is 13.2. The minimum atomic E-state index is 0.573. The van der Waals surface area contributed by atoms with Crippen molar-refractivity contribution < 1.29 is 0 Å². The molecule has 1 aromatic carbocycles. The second kappa shape index (κ2) is 5.08. The molecule has 3 nitrogen and oxygen atoms in total. The summed E-state index contributed by atoms with van der Waals surface area (Å²) in [6.45, 7) is 3.42. The van der Waals surface area contributed by atoms with Crippen molar-refractivity contribution in [2.45, 2.75) is 38.6 Å². The number of hydrogen-bond donors (Lipinski definition) is 1. The number of pyridine rings is 1. The standard InChI is InChI=1S/C16H21N3/c1-12-5-3-2-4-10-19(12)15-7-6-13-11-18-9-8-14(13)16(15)17/h6-9,11-12H,2-5,10,17H2,1H3. The van der Waals surface area contributed by atoms with Crippen LogP contribution in [0.1, 0.15) is 32.6 Å². The Morgan fingerprint density at radius 3 is 3.00 bits per heavy atom. The van der Waals surface area contributed by atoms with Gasteiger partial charge in [-0.15, -0.1) is 0 Å². The van der Waals surface area contributed by atoms with Crippen LogP contribution >= 0.6 is 0 Å². The lowest BCUT2D eigenvalue weighted by molar-refractivity contribution is 0.617. The fourth-order valence-electron chi connectivity index (χ4n) is 3.06. The number of nitrogens with two attached hydrogens (primary N) is 1. The molecular weight excluding hydrogens is 234 g/mol. The Labute approximate surface area is 114 Å². The van der Waals surface area contributed by atoms with Crippen LogP contribution in [0.5, 0.6) is 0 Å². The van der Waals surface area contributed by atoms with E-state index in [1.54, 1.807) is 0 Å². The number of anilines is 2. The molecule has 1 fully saturated rings. The third-order valence-electron chi connectivity index (χ3n) is 4.20. The van der Waals surface area contributed by atoms with Gasteiger partial charge in [0.25, 0.3) is 0 Å². The van der Waals surface area contributed by atoms with E-state index in [4.69, 9.17) is 5.73 Å². The topological polar surface area (TPSA) is 42.2 Å². The molecule has 100 valence electrons. The minimum absolute atomic E-state index is 0.573. The van der Waals surface area contributed by atoms with Crippen molar-refractivity contribution >= 4 is 22.1 Å². The van der Waals surface area contributed by atoms with Crippen LogP contribution in [-0.4, -0.2) is 17.6 Å². The quantitative estimate of drug-likeness (QED) is 0.792. The van der Waals surface area contributed by atoms with Crippen LogP contribution in [0.15, 0.2) is 30.6 Å². The van der Waals surface area contributed by atoms with Gasteiger partial charge in [-0.25, -0.2) is 0 Å². The van der Waals surface area contributed by atoms with E-state index in [0.717, 1.165) is 23.0 Å². The van der Waals surface area contributed by atoms with E-state index in [1.807, 2.05) is 18.5 Å². The van der Waals surface area contributed by atoms with Crippen molar-refractivity contribution in [2.24, 2.45) is 0 Å². The Morgan fingerprint density at radius 1 is 1.21 bits per heavy atom. The smallest absolute Gasteiger partial charge is 0.0632 e. The number of fused-ring (bicyclic) bond motifs is 1. The van der Waals surface area contributed by atoms with E-state index in [9.17, 15) is 0 Å². The Bertz CT molecular complexity index is 579. The van der Waals surface area contributed by atoms with Crippen LogP contribution in [-0.2, 0) is 0 Å². The molecular formula is C16H21N3. The Balaban J connectivity index is 2.06. The van der Waals surface area contributed by atoms with E-state index in [1.165, 1.54) is 31.4 Å². The van der Waals surface area contributed by atoms with Crippen molar-refractivity contribution in [1.82, 2.24) is 4.98 Å². The van der Waals surface area contributed by atoms with Crippen molar-refractivity contribution in [3.05, 3.63) is 30.6 Å². The van der Waals surface area contributed by atoms with Gasteiger partial charge in [0, 0.05) is 35.8 Å². The average molecular weight is 255 g/mol. The van der Waals surface area contributed by atoms with Crippen LogP contribution in [0.4, 0.5) is 11.4 Å². The van der Waals surface area contributed by atoms with E-state index < -0.39 is 0 Å². The molecule has 1 unspecified atom stereocenters. The molecule has 1 saturated heterocycles. The molecule has 1 aliphatic heterocycles. The van der Waals surface area contributed by atoms with Crippen LogP contribution in [0.3, 0.4) is 0 Å². The second-order valence-corrected chi connectivity index (χ2v) is 5.49. The van der Waals surface area contributed by atoms with Crippen molar-refractivity contribution in [3.63, 3.8) is 0 Å². The highest BCUT2D eigenvalue weighted by Crippen LogP contribution is 2.34. The van der Waals surface area contributed by atoms with Gasteiger partial charge in [-0.3, -0.25) is 4.98 Å². The van der Waals surface area contributed by atoms with Gasteiger partial charge in [-0.2, -0.15) is 0 Å². The van der Waals surface area contributed by atoms with Gasteiger partial charge in [0.15, 0.2) is 0 Å². The summed E-state index contributed by atoms with van der Waals surface area (Å²) in [6.07, 6.45) is 8.87. The van der Waals surface area contributed by atoms with E-state index in [2.05, 4.69) is 28.9 Å². The first kappa shape index (κ1) is 12.3. The molecule has 2 heterocycles. The molecule has 0 amide bonds. The monoisotopic (exact) mass is 255 g/mol. The first-order valence-corrected chi connectivity index (χ1v) is 7.16. The van der Waals surface area contributed by atoms with Crippen molar-refractivity contribution in [3.8, 4) is 0 Å². The van der Waals surface area contributed by atoms with Crippen molar-refractivity contribution in [2.75, 3.05) is 17.2 Å². The molecule has 3 heteroatoms. The number of rotatable bonds is 1. The summed E-state index contributed by atoms with van der Waals surface area (Å²) in [6, 6.07) is 6.87. The molecule has 0 saturated carbocycles. The third-order valence-corrected chi connectivity index (χ3v) is 4.20. The van der Waals surface area contributed by atoms with Gasteiger partial charge < -0.3 is 10.6 Å². The van der Waals surface area contributed by atoms with Crippen LogP contribution in [0.2, 0.25) is 0 Å². The summed E-state index contributed by atoms with van der Waals surface area (Å²) in [4.78, 5) is 6.63. The van der Waals surface area contributed by atoms with Gasteiger partial charge in [-0.1, -0.05) is 18.9 Å². The van der Waals surface area contributed by atoms with E-state index in [-0.39, 0.29) is 0 Å². The predicted molar refractivity (Wildman–Crippen MR) is 81.4 cm³/mol. The summed E-state index contributed by atoms with van der Waals surface area (Å²) in [7, 11) is 0. The lowest BCUT2D eigenvalue weighted by Crippen LogP contribution is -2.33. The maximum atomic E-state index is 6.39. The highest BCUT2D eigenvalue weighted by Gasteiger charge is 2.19. The molecule has 0 aliphatic carbocycles. The summed E-state index contributed by atoms with van der Waals surface area (Å²) < 4.78 is 0. The predicted octanol–water partition coefficient (Wildman–Crippen LogP) is 3.59. The number of hydrogen-bond acceptors (Lipinski definition) is 3. The lowest BCUT2D eigenvalue weighted by Gasteiger charge is -2.31. The number of aromatic nitrogens is 1. The number of benzene rings is 1. The SMILES string of the molecule is CC1CCCCCN1c1ccc2cnccc2c1N. The van der Waals surface area contributed by atoms with Crippen LogP contribution in [0.25, 0.3) is 10.8 Å².